The molecule has 0 spiro atoms. The molecule has 0 saturated carbocycles. The Morgan fingerprint density at radius 3 is 2.30 bits per heavy atom. The van der Waals surface area contributed by atoms with E-state index in [0.29, 0.717) is 28.6 Å². The van der Waals surface area contributed by atoms with Crippen LogP contribution in [0.1, 0.15) is 43.4 Å². The van der Waals surface area contributed by atoms with Gasteiger partial charge in [0.15, 0.2) is 5.69 Å². The number of amides is 1. The standard InChI is InChI=1S/C25H28N2O5S/c1-17-21(30-2)13-19(14-22(17)31-3)24(28)27(12-8-11-18-9-6-5-7-10-18)15-23-26-20(16-33-23)25(29)32-4/h5-7,9-10,13-14,16H,8,11-12,15H2,1-4H3. The Labute approximate surface area is 197 Å². The normalized spacial score (nSPS) is 10.5. The van der Waals surface area contributed by atoms with Gasteiger partial charge >= 0.3 is 5.97 Å². The molecule has 7 nitrogen and oxygen atoms in total. The van der Waals surface area contributed by atoms with E-state index in [1.165, 1.54) is 24.0 Å². The third-order valence-electron chi connectivity index (χ3n) is 5.30. The van der Waals surface area contributed by atoms with E-state index in [0.717, 1.165) is 18.4 Å². The SMILES string of the molecule is COC(=O)c1csc(CN(CCCc2ccccc2)C(=O)c2cc(OC)c(C)c(OC)c2)n1. The summed E-state index contributed by atoms with van der Waals surface area (Å²) in [6.45, 7) is 2.70. The summed E-state index contributed by atoms with van der Waals surface area (Å²) in [7, 11) is 4.45. The molecule has 0 unspecified atom stereocenters. The van der Waals surface area contributed by atoms with Crippen LogP contribution in [0.25, 0.3) is 0 Å². The maximum Gasteiger partial charge on any atom is 0.357 e. The molecule has 0 atom stereocenters. The first-order chi connectivity index (χ1) is 16.0. The molecule has 1 aromatic heterocycles. The second-order valence-electron chi connectivity index (χ2n) is 7.44. The maximum atomic E-state index is 13.5. The minimum atomic E-state index is -0.493. The van der Waals surface area contributed by atoms with Gasteiger partial charge in [-0.1, -0.05) is 30.3 Å². The van der Waals surface area contributed by atoms with Gasteiger partial charge in [-0.2, -0.15) is 0 Å². The van der Waals surface area contributed by atoms with Gasteiger partial charge in [0.25, 0.3) is 5.91 Å². The molecule has 1 heterocycles. The zero-order valence-electron chi connectivity index (χ0n) is 19.3. The topological polar surface area (TPSA) is 78.0 Å². The first-order valence-corrected chi connectivity index (χ1v) is 11.4. The van der Waals surface area contributed by atoms with Crippen LogP contribution in [0.3, 0.4) is 0 Å². The highest BCUT2D eigenvalue weighted by Crippen LogP contribution is 2.30. The number of benzene rings is 2. The average molecular weight is 469 g/mol. The first-order valence-electron chi connectivity index (χ1n) is 10.5. The van der Waals surface area contributed by atoms with Crippen LogP contribution in [0, 0.1) is 6.92 Å². The molecule has 3 rings (SSSR count). The summed E-state index contributed by atoms with van der Waals surface area (Å²) in [4.78, 5) is 31.4. The van der Waals surface area contributed by atoms with Crippen molar-refractivity contribution in [2.45, 2.75) is 26.3 Å². The third kappa shape index (κ3) is 6.10. The lowest BCUT2D eigenvalue weighted by Crippen LogP contribution is -2.32. The van der Waals surface area contributed by atoms with E-state index in [2.05, 4.69) is 17.1 Å². The largest absolute Gasteiger partial charge is 0.496 e. The molecule has 33 heavy (non-hydrogen) atoms. The Bertz CT molecular complexity index is 1070. The Morgan fingerprint density at radius 1 is 1.03 bits per heavy atom. The lowest BCUT2D eigenvalue weighted by molar-refractivity contribution is 0.0594. The molecule has 8 heteroatoms. The lowest BCUT2D eigenvalue weighted by atomic mass is 10.1. The van der Waals surface area contributed by atoms with Crippen LogP contribution in [0.2, 0.25) is 0 Å². The second kappa shape index (κ2) is 11.5. The van der Waals surface area contributed by atoms with E-state index in [4.69, 9.17) is 14.2 Å². The average Bonchev–Trinajstić information content (AvgIpc) is 3.32. The molecular formula is C25H28N2O5S. The highest BCUT2D eigenvalue weighted by molar-refractivity contribution is 7.09. The molecule has 0 N–H and O–H groups in total. The molecule has 0 fully saturated rings. The fourth-order valence-electron chi connectivity index (χ4n) is 3.51. The van der Waals surface area contributed by atoms with E-state index in [1.54, 1.807) is 36.6 Å². The summed E-state index contributed by atoms with van der Waals surface area (Å²) in [5.41, 5.74) is 2.76. The molecule has 0 saturated heterocycles. The van der Waals surface area contributed by atoms with Crippen LogP contribution in [0.4, 0.5) is 0 Å². The van der Waals surface area contributed by atoms with E-state index in [9.17, 15) is 9.59 Å². The fraction of sp³-hybridized carbons (Fsp3) is 0.320. The molecule has 2 aromatic carbocycles. The Kier molecular flexibility index (Phi) is 8.43. The van der Waals surface area contributed by atoms with E-state index in [1.807, 2.05) is 25.1 Å². The third-order valence-corrected chi connectivity index (χ3v) is 6.13. The van der Waals surface area contributed by atoms with Crippen molar-refractivity contribution in [1.29, 1.82) is 0 Å². The number of esters is 1. The summed E-state index contributed by atoms with van der Waals surface area (Å²) >= 11 is 1.33. The number of carbonyl (C=O) groups excluding carboxylic acids is 2. The Hall–Kier alpha value is -3.39. The van der Waals surface area contributed by atoms with Crippen molar-refractivity contribution in [3.8, 4) is 11.5 Å². The van der Waals surface area contributed by atoms with E-state index in [-0.39, 0.29) is 18.1 Å². The molecule has 174 valence electrons. The minimum absolute atomic E-state index is 0.158. The fourth-order valence-corrected chi connectivity index (χ4v) is 4.29. The van der Waals surface area contributed by atoms with Gasteiger partial charge in [-0.3, -0.25) is 4.79 Å². The molecular weight excluding hydrogens is 440 g/mol. The van der Waals surface area contributed by atoms with Gasteiger partial charge in [-0.05, 0) is 37.5 Å². The van der Waals surface area contributed by atoms with Gasteiger partial charge in [0.2, 0.25) is 0 Å². The molecule has 0 radical (unpaired) electrons. The number of aryl methyl sites for hydroxylation is 1. The van der Waals surface area contributed by atoms with Crippen molar-refractivity contribution in [2.24, 2.45) is 0 Å². The van der Waals surface area contributed by atoms with Gasteiger partial charge < -0.3 is 19.1 Å². The number of thiazole rings is 1. The number of ether oxygens (including phenoxy) is 3. The van der Waals surface area contributed by atoms with Crippen molar-refractivity contribution < 1.29 is 23.8 Å². The van der Waals surface area contributed by atoms with Crippen LogP contribution in [0.5, 0.6) is 11.5 Å². The van der Waals surface area contributed by atoms with Crippen molar-refractivity contribution in [3.05, 3.63) is 75.2 Å². The zero-order valence-corrected chi connectivity index (χ0v) is 20.1. The van der Waals surface area contributed by atoms with E-state index < -0.39 is 5.97 Å². The smallest absolute Gasteiger partial charge is 0.357 e. The molecule has 0 bridgehead atoms. The van der Waals surface area contributed by atoms with Crippen LogP contribution < -0.4 is 9.47 Å². The predicted molar refractivity (Wildman–Crippen MR) is 127 cm³/mol. The summed E-state index contributed by atoms with van der Waals surface area (Å²) in [5.74, 6) is 0.523. The zero-order chi connectivity index (χ0) is 23.8. The lowest BCUT2D eigenvalue weighted by Gasteiger charge is -2.23. The predicted octanol–water partition coefficient (Wildman–Crippen LogP) is 4.53. The monoisotopic (exact) mass is 468 g/mol. The number of nitrogens with zero attached hydrogens (tertiary/aromatic N) is 2. The van der Waals surface area contributed by atoms with Crippen LogP contribution in [-0.2, 0) is 17.7 Å². The number of rotatable bonds is 10. The highest BCUT2D eigenvalue weighted by Gasteiger charge is 2.21. The van der Waals surface area contributed by atoms with Gasteiger partial charge in [-0.25, -0.2) is 9.78 Å². The van der Waals surface area contributed by atoms with Gasteiger partial charge in [-0.15, -0.1) is 11.3 Å². The number of hydrogen-bond acceptors (Lipinski definition) is 7. The van der Waals surface area contributed by atoms with Crippen molar-refractivity contribution in [1.82, 2.24) is 9.88 Å². The molecule has 1 amide bonds. The van der Waals surface area contributed by atoms with Crippen LogP contribution in [-0.4, -0.2) is 49.6 Å². The second-order valence-corrected chi connectivity index (χ2v) is 8.38. The van der Waals surface area contributed by atoms with Crippen molar-refractivity contribution in [3.63, 3.8) is 0 Å². The quantitative estimate of drug-likeness (QED) is 0.407. The summed E-state index contributed by atoms with van der Waals surface area (Å²) in [5, 5.41) is 2.31. The van der Waals surface area contributed by atoms with Gasteiger partial charge in [0, 0.05) is 23.1 Å². The summed E-state index contributed by atoms with van der Waals surface area (Å²) in [6.07, 6.45) is 1.63. The minimum Gasteiger partial charge on any atom is -0.496 e. The van der Waals surface area contributed by atoms with E-state index >= 15 is 0 Å². The van der Waals surface area contributed by atoms with Gasteiger partial charge in [0.05, 0.1) is 27.9 Å². The van der Waals surface area contributed by atoms with Crippen LogP contribution in [0.15, 0.2) is 47.8 Å². The summed E-state index contributed by atoms with van der Waals surface area (Å²) in [6, 6.07) is 13.6. The number of methoxy groups -OCH3 is 3. The molecule has 3 aromatic rings. The number of aromatic nitrogens is 1. The Balaban J connectivity index is 1.84. The number of carbonyl (C=O) groups is 2. The molecule has 0 aliphatic carbocycles. The highest BCUT2D eigenvalue weighted by atomic mass is 32.1. The van der Waals surface area contributed by atoms with Crippen molar-refractivity contribution >= 4 is 23.2 Å². The van der Waals surface area contributed by atoms with Crippen molar-refractivity contribution in [2.75, 3.05) is 27.9 Å². The maximum absolute atomic E-state index is 13.5. The number of hydrogen-bond donors (Lipinski definition) is 0. The molecule has 0 aliphatic heterocycles. The Morgan fingerprint density at radius 2 is 1.70 bits per heavy atom. The summed E-state index contributed by atoms with van der Waals surface area (Å²) < 4.78 is 15.6. The van der Waals surface area contributed by atoms with Crippen LogP contribution >= 0.6 is 11.3 Å². The molecule has 0 aliphatic rings. The van der Waals surface area contributed by atoms with Gasteiger partial charge in [0.1, 0.15) is 16.5 Å². The first kappa shape index (κ1) is 24.3.